The van der Waals surface area contributed by atoms with Crippen molar-refractivity contribution < 1.29 is 24.1 Å². The lowest BCUT2D eigenvalue weighted by Crippen LogP contribution is -2.49. The van der Waals surface area contributed by atoms with Gasteiger partial charge in [0, 0.05) is 5.92 Å². The molecule has 5 nitrogen and oxygen atoms in total. The van der Waals surface area contributed by atoms with Crippen LogP contribution < -0.4 is 9.16 Å². The molecule has 154 valence electrons. The second-order valence-corrected chi connectivity index (χ2v) is 13.8. The average molecular weight is 397 g/mol. The van der Waals surface area contributed by atoms with Crippen LogP contribution in [0.25, 0.3) is 0 Å². The molecule has 1 aliphatic heterocycles. The maximum Gasteiger partial charge on any atom is 0.250 e. The van der Waals surface area contributed by atoms with Gasteiger partial charge in [0.25, 0.3) is 8.32 Å². The van der Waals surface area contributed by atoms with Crippen LogP contribution in [-0.4, -0.2) is 44.0 Å². The van der Waals surface area contributed by atoms with Gasteiger partial charge in [-0.05, 0) is 42.2 Å². The molecule has 0 unspecified atom stereocenters. The normalized spacial score (nSPS) is 29.5. The molecule has 1 aromatic carbocycles. The van der Waals surface area contributed by atoms with Gasteiger partial charge in [-0.25, -0.2) is 0 Å². The molecular weight excluding hydrogens is 360 g/mol. The molecule has 0 spiro atoms. The van der Waals surface area contributed by atoms with Crippen molar-refractivity contribution in [2.75, 3.05) is 7.11 Å². The molecule has 0 aliphatic carbocycles. The van der Waals surface area contributed by atoms with Gasteiger partial charge in [0.2, 0.25) is 0 Å². The first-order valence-corrected chi connectivity index (χ1v) is 12.7. The Morgan fingerprint density at radius 1 is 1.11 bits per heavy atom. The molecule has 0 bridgehead atoms. The molecule has 0 aromatic heterocycles. The van der Waals surface area contributed by atoms with Crippen LogP contribution in [0.3, 0.4) is 0 Å². The number of benzene rings is 1. The van der Waals surface area contributed by atoms with E-state index in [0.717, 1.165) is 12.0 Å². The van der Waals surface area contributed by atoms with Gasteiger partial charge in [-0.2, -0.15) is 0 Å². The summed E-state index contributed by atoms with van der Waals surface area (Å²) in [7, 11) is -0.437. The predicted molar refractivity (Wildman–Crippen MR) is 110 cm³/mol. The van der Waals surface area contributed by atoms with Crippen LogP contribution in [0.4, 0.5) is 0 Å². The van der Waals surface area contributed by atoms with E-state index in [9.17, 15) is 10.2 Å². The standard InChI is InChI=1S/C21H36O5Si/c1-9-15-13(2)18(22)19(23)20(25-15)14-10-11-16(24-6)17(12-14)26-27(7,8)21(3,4)5/h10-13,15,18-20,22-23H,9H2,1-8H3/t13-,15-,18+,19+,20-/m1/s1. The third-order valence-corrected chi connectivity index (χ3v) is 10.5. The molecule has 0 amide bonds. The molecule has 2 N–H and O–H groups in total. The van der Waals surface area contributed by atoms with E-state index < -0.39 is 26.6 Å². The third kappa shape index (κ3) is 4.50. The van der Waals surface area contributed by atoms with Gasteiger partial charge in [-0.1, -0.05) is 40.7 Å². The van der Waals surface area contributed by atoms with Gasteiger partial charge in [-0.15, -0.1) is 0 Å². The first-order chi connectivity index (χ1) is 12.4. The molecule has 1 saturated heterocycles. The number of ether oxygens (including phenoxy) is 2. The molecule has 1 aromatic rings. The maximum absolute atomic E-state index is 10.6. The summed E-state index contributed by atoms with van der Waals surface area (Å²) in [5, 5.41) is 21.1. The summed E-state index contributed by atoms with van der Waals surface area (Å²) in [5.41, 5.74) is 0.793. The summed E-state index contributed by atoms with van der Waals surface area (Å²) >= 11 is 0. The van der Waals surface area contributed by atoms with Crippen LogP contribution in [0.5, 0.6) is 11.5 Å². The van der Waals surface area contributed by atoms with Crippen LogP contribution in [0.1, 0.15) is 52.7 Å². The van der Waals surface area contributed by atoms with Crippen LogP contribution in [0, 0.1) is 5.92 Å². The van der Waals surface area contributed by atoms with E-state index in [1.807, 2.05) is 32.0 Å². The summed E-state index contributed by atoms with van der Waals surface area (Å²) in [6.45, 7) is 14.9. The average Bonchev–Trinajstić information content (AvgIpc) is 2.59. The van der Waals surface area contributed by atoms with Crippen molar-refractivity contribution in [2.24, 2.45) is 5.92 Å². The Hall–Kier alpha value is -1.08. The Bertz CT molecular complexity index is 638. The Morgan fingerprint density at radius 3 is 2.26 bits per heavy atom. The predicted octanol–water partition coefficient (Wildman–Crippen LogP) is 4.29. The van der Waals surface area contributed by atoms with Crippen LogP contribution in [0.15, 0.2) is 18.2 Å². The van der Waals surface area contributed by atoms with Gasteiger partial charge < -0.3 is 24.1 Å². The number of aliphatic hydroxyl groups excluding tert-OH is 2. The lowest BCUT2D eigenvalue weighted by molar-refractivity contribution is -0.199. The van der Waals surface area contributed by atoms with Gasteiger partial charge in [0.15, 0.2) is 5.75 Å². The molecular formula is C21H36O5Si. The van der Waals surface area contributed by atoms with Crippen molar-refractivity contribution in [3.05, 3.63) is 23.8 Å². The lowest BCUT2D eigenvalue weighted by atomic mass is 9.85. The lowest BCUT2D eigenvalue weighted by Gasteiger charge is -2.42. The Kier molecular flexibility index (Phi) is 6.67. The summed E-state index contributed by atoms with van der Waals surface area (Å²) in [6.07, 6.45) is -1.70. The highest BCUT2D eigenvalue weighted by molar-refractivity contribution is 6.74. The van der Waals surface area contributed by atoms with E-state index >= 15 is 0 Å². The molecule has 1 fully saturated rings. The number of hydrogen-bond donors (Lipinski definition) is 2. The molecule has 27 heavy (non-hydrogen) atoms. The van der Waals surface area contributed by atoms with Crippen molar-refractivity contribution in [1.82, 2.24) is 0 Å². The fraction of sp³-hybridized carbons (Fsp3) is 0.714. The maximum atomic E-state index is 10.6. The molecule has 0 saturated carbocycles. The van der Waals surface area contributed by atoms with E-state index in [0.29, 0.717) is 11.5 Å². The van der Waals surface area contributed by atoms with Crippen molar-refractivity contribution in [3.63, 3.8) is 0 Å². The molecule has 5 atom stereocenters. The third-order valence-electron chi connectivity index (χ3n) is 6.20. The molecule has 1 aliphatic rings. The van der Waals surface area contributed by atoms with Crippen LogP contribution in [-0.2, 0) is 4.74 Å². The number of rotatable bonds is 5. The highest BCUT2D eigenvalue weighted by atomic mass is 28.4. The molecule has 0 radical (unpaired) electrons. The fourth-order valence-electron chi connectivity index (χ4n) is 3.22. The zero-order valence-corrected chi connectivity index (χ0v) is 18.9. The quantitative estimate of drug-likeness (QED) is 0.727. The zero-order chi connectivity index (χ0) is 20.6. The van der Waals surface area contributed by atoms with Crippen molar-refractivity contribution in [3.8, 4) is 11.5 Å². The van der Waals surface area contributed by atoms with Gasteiger partial charge in [0.05, 0.1) is 19.3 Å². The molecule has 6 heteroatoms. The Balaban J connectivity index is 2.39. The van der Waals surface area contributed by atoms with Crippen LogP contribution >= 0.6 is 0 Å². The van der Waals surface area contributed by atoms with E-state index in [-0.39, 0.29) is 17.1 Å². The van der Waals surface area contributed by atoms with Crippen molar-refractivity contribution >= 4 is 8.32 Å². The van der Waals surface area contributed by atoms with Gasteiger partial charge >= 0.3 is 0 Å². The first kappa shape index (κ1) is 22.2. The highest BCUT2D eigenvalue weighted by Crippen LogP contribution is 2.43. The minimum atomic E-state index is -2.06. The minimum Gasteiger partial charge on any atom is -0.541 e. The second kappa shape index (κ2) is 8.11. The topological polar surface area (TPSA) is 68.2 Å². The zero-order valence-electron chi connectivity index (χ0n) is 17.9. The number of aliphatic hydroxyl groups is 2. The summed E-state index contributed by atoms with van der Waals surface area (Å²) in [5.74, 6) is 1.22. The van der Waals surface area contributed by atoms with E-state index in [4.69, 9.17) is 13.9 Å². The number of methoxy groups -OCH3 is 1. The summed E-state index contributed by atoms with van der Waals surface area (Å²) in [4.78, 5) is 0. The summed E-state index contributed by atoms with van der Waals surface area (Å²) < 4.78 is 18.1. The SMILES string of the molecule is CC[C@H]1O[C@H](c2ccc(OC)c(O[Si](C)(C)C(C)(C)C)c2)[C@@H](O)[C@@H](O)[C@@H]1C. The van der Waals surface area contributed by atoms with Gasteiger partial charge in [0.1, 0.15) is 18.0 Å². The van der Waals surface area contributed by atoms with Crippen molar-refractivity contribution in [1.29, 1.82) is 0 Å². The first-order valence-electron chi connectivity index (χ1n) is 9.81. The summed E-state index contributed by atoms with van der Waals surface area (Å²) in [6, 6.07) is 5.61. The van der Waals surface area contributed by atoms with Gasteiger partial charge in [-0.3, -0.25) is 0 Å². The highest BCUT2D eigenvalue weighted by Gasteiger charge is 2.43. The smallest absolute Gasteiger partial charge is 0.250 e. The van der Waals surface area contributed by atoms with Crippen molar-refractivity contribution in [2.45, 2.75) is 83.6 Å². The fourth-order valence-corrected chi connectivity index (χ4v) is 4.24. The Morgan fingerprint density at radius 2 is 1.74 bits per heavy atom. The second-order valence-electron chi connectivity index (χ2n) is 9.12. The van der Waals surface area contributed by atoms with E-state index in [1.165, 1.54) is 0 Å². The monoisotopic (exact) mass is 396 g/mol. The van der Waals surface area contributed by atoms with E-state index in [1.54, 1.807) is 7.11 Å². The number of hydrogen-bond acceptors (Lipinski definition) is 5. The Labute approximate surface area is 164 Å². The minimum absolute atomic E-state index is 0.0494. The largest absolute Gasteiger partial charge is 0.541 e. The van der Waals surface area contributed by atoms with Crippen LogP contribution in [0.2, 0.25) is 18.1 Å². The van der Waals surface area contributed by atoms with E-state index in [2.05, 4.69) is 33.9 Å². The molecule has 2 rings (SSSR count). The molecule has 1 heterocycles.